The van der Waals surface area contributed by atoms with Crippen LogP contribution in [-0.2, 0) is 5.41 Å². The van der Waals surface area contributed by atoms with Crippen molar-refractivity contribution in [1.29, 1.82) is 0 Å². The summed E-state index contributed by atoms with van der Waals surface area (Å²) in [6.45, 7) is 14.3. The second-order valence-electron chi connectivity index (χ2n) is 6.85. The van der Waals surface area contributed by atoms with Crippen LogP contribution in [0, 0.1) is 6.92 Å². The third kappa shape index (κ3) is 3.28. The van der Waals surface area contributed by atoms with Crippen molar-refractivity contribution in [2.75, 3.05) is 29.6 Å². The van der Waals surface area contributed by atoms with E-state index < -0.39 is 0 Å². The van der Waals surface area contributed by atoms with Crippen LogP contribution in [-0.4, -0.2) is 40.6 Å². The van der Waals surface area contributed by atoms with Gasteiger partial charge >= 0.3 is 0 Å². The smallest absolute Gasteiger partial charge is 0.138 e. The highest BCUT2D eigenvalue weighted by atomic mass is 32.2. The zero-order valence-electron chi connectivity index (χ0n) is 14.3. The Morgan fingerprint density at radius 3 is 2.48 bits per heavy atom. The van der Waals surface area contributed by atoms with E-state index in [-0.39, 0.29) is 5.41 Å². The third-order valence-corrected chi connectivity index (χ3v) is 5.52. The van der Waals surface area contributed by atoms with Crippen LogP contribution in [0.25, 0.3) is 0 Å². The lowest BCUT2D eigenvalue weighted by atomic mass is 9.95. The van der Waals surface area contributed by atoms with Crippen LogP contribution in [0.1, 0.15) is 46.0 Å². The van der Waals surface area contributed by atoms with Gasteiger partial charge < -0.3 is 10.2 Å². The van der Waals surface area contributed by atoms with E-state index in [1.807, 2.05) is 18.8 Å². The molecular weight excluding hydrogens is 280 g/mol. The summed E-state index contributed by atoms with van der Waals surface area (Å²) >= 11 is 2.05. The van der Waals surface area contributed by atoms with Gasteiger partial charge in [-0.1, -0.05) is 27.7 Å². The predicted octanol–water partition coefficient (Wildman–Crippen LogP) is 3.45. The largest absolute Gasteiger partial charge is 0.373 e. The molecule has 1 aromatic rings. The van der Waals surface area contributed by atoms with E-state index in [4.69, 9.17) is 9.97 Å². The summed E-state index contributed by atoms with van der Waals surface area (Å²) in [6.07, 6.45) is 0. The molecule has 5 heteroatoms. The van der Waals surface area contributed by atoms with E-state index in [0.29, 0.717) is 11.3 Å². The Bertz CT molecular complexity index is 510. The van der Waals surface area contributed by atoms with Crippen molar-refractivity contribution in [3.63, 3.8) is 0 Å². The molecule has 0 amide bonds. The van der Waals surface area contributed by atoms with Crippen molar-refractivity contribution < 1.29 is 0 Å². The van der Waals surface area contributed by atoms with E-state index in [1.165, 1.54) is 0 Å². The molecule has 2 rings (SSSR count). The van der Waals surface area contributed by atoms with Gasteiger partial charge in [0.15, 0.2) is 0 Å². The van der Waals surface area contributed by atoms with E-state index in [2.05, 4.69) is 51.8 Å². The van der Waals surface area contributed by atoms with Gasteiger partial charge in [0.1, 0.15) is 17.5 Å². The van der Waals surface area contributed by atoms with Crippen molar-refractivity contribution in [1.82, 2.24) is 9.97 Å². The molecule has 0 bridgehead atoms. The van der Waals surface area contributed by atoms with Crippen LogP contribution in [0.4, 0.5) is 11.6 Å². The van der Waals surface area contributed by atoms with Gasteiger partial charge in [-0.25, -0.2) is 9.97 Å². The average Bonchev–Trinajstić information content (AvgIpc) is 2.41. The fourth-order valence-electron chi connectivity index (χ4n) is 2.60. The van der Waals surface area contributed by atoms with Crippen molar-refractivity contribution in [3.05, 3.63) is 11.4 Å². The summed E-state index contributed by atoms with van der Waals surface area (Å²) < 4.78 is 0. The van der Waals surface area contributed by atoms with E-state index >= 15 is 0 Å². The summed E-state index contributed by atoms with van der Waals surface area (Å²) in [4.78, 5) is 12.1. The normalized spacial score (nSPS) is 23.3. The molecule has 0 saturated carbocycles. The molecule has 0 aromatic carbocycles. The molecule has 2 atom stereocenters. The van der Waals surface area contributed by atoms with E-state index in [0.717, 1.165) is 35.3 Å². The number of aromatic nitrogens is 2. The second-order valence-corrected chi connectivity index (χ2v) is 8.34. The van der Waals surface area contributed by atoms with Crippen LogP contribution >= 0.6 is 11.8 Å². The molecular formula is C16H28N4S. The van der Waals surface area contributed by atoms with Gasteiger partial charge in [-0.05, 0) is 13.8 Å². The number of hydrogen-bond donors (Lipinski definition) is 1. The van der Waals surface area contributed by atoms with Gasteiger partial charge in [0, 0.05) is 41.6 Å². The zero-order valence-corrected chi connectivity index (χ0v) is 15.1. The van der Waals surface area contributed by atoms with Crippen molar-refractivity contribution in [2.45, 2.75) is 58.2 Å². The second kappa shape index (κ2) is 6.03. The molecule has 118 valence electrons. The predicted molar refractivity (Wildman–Crippen MR) is 93.7 cm³/mol. The summed E-state index contributed by atoms with van der Waals surface area (Å²) in [6, 6.07) is 0.495. The molecule has 2 unspecified atom stereocenters. The van der Waals surface area contributed by atoms with Gasteiger partial charge in [0.2, 0.25) is 0 Å². The molecule has 0 spiro atoms. The highest BCUT2D eigenvalue weighted by Gasteiger charge is 2.30. The Morgan fingerprint density at radius 2 is 1.90 bits per heavy atom. The lowest BCUT2D eigenvalue weighted by Gasteiger charge is -2.39. The standard InChI is InChI=1S/C16H28N4S/c1-10-13(17-7)18-15(16(4,5)6)19-14(10)20-8-9-21-12(3)11(20)2/h11-12H,8-9H2,1-7H3,(H,17,18,19). The van der Waals surface area contributed by atoms with Crippen molar-refractivity contribution >= 4 is 23.4 Å². The monoisotopic (exact) mass is 308 g/mol. The molecule has 1 saturated heterocycles. The number of hydrogen-bond acceptors (Lipinski definition) is 5. The first-order valence-corrected chi connectivity index (χ1v) is 8.75. The number of anilines is 2. The molecule has 2 heterocycles. The van der Waals surface area contributed by atoms with Crippen molar-refractivity contribution in [2.24, 2.45) is 0 Å². The summed E-state index contributed by atoms with van der Waals surface area (Å²) in [5.41, 5.74) is 1.10. The molecule has 1 aliphatic rings. The Kier molecular flexibility index (Phi) is 4.71. The number of rotatable bonds is 2. The Hall–Kier alpha value is -0.970. The Labute approximate surface area is 133 Å². The van der Waals surface area contributed by atoms with Crippen LogP contribution in [0.2, 0.25) is 0 Å². The maximum atomic E-state index is 4.93. The molecule has 0 radical (unpaired) electrons. The number of nitrogens with one attached hydrogen (secondary N) is 1. The molecule has 1 N–H and O–H groups in total. The first-order valence-electron chi connectivity index (χ1n) is 7.70. The van der Waals surface area contributed by atoms with E-state index in [9.17, 15) is 0 Å². The van der Waals surface area contributed by atoms with Gasteiger partial charge in [-0.3, -0.25) is 0 Å². The fourth-order valence-corrected chi connectivity index (χ4v) is 3.69. The number of thioether (sulfide) groups is 1. The van der Waals surface area contributed by atoms with Crippen molar-refractivity contribution in [3.8, 4) is 0 Å². The lowest BCUT2D eigenvalue weighted by molar-refractivity contribution is 0.539. The van der Waals surface area contributed by atoms with Gasteiger partial charge in [0.25, 0.3) is 0 Å². The quantitative estimate of drug-likeness (QED) is 0.906. The fraction of sp³-hybridized carbons (Fsp3) is 0.750. The first kappa shape index (κ1) is 16.4. The third-order valence-electron chi connectivity index (χ3n) is 4.18. The molecule has 0 aliphatic carbocycles. The lowest BCUT2D eigenvalue weighted by Crippen LogP contribution is -2.45. The van der Waals surface area contributed by atoms with Gasteiger partial charge in [-0.2, -0.15) is 11.8 Å². The first-order chi connectivity index (χ1) is 9.75. The minimum Gasteiger partial charge on any atom is -0.373 e. The summed E-state index contributed by atoms with van der Waals surface area (Å²) in [7, 11) is 1.93. The highest BCUT2D eigenvalue weighted by molar-refractivity contribution is 8.00. The van der Waals surface area contributed by atoms with Gasteiger partial charge in [-0.15, -0.1) is 0 Å². The SMILES string of the molecule is CNc1nc(C(C)(C)C)nc(N2CCSC(C)C2C)c1C. The minimum atomic E-state index is -0.0482. The van der Waals surface area contributed by atoms with E-state index in [1.54, 1.807) is 0 Å². The molecule has 21 heavy (non-hydrogen) atoms. The topological polar surface area (TPSA) is 41.1 Å². The van der Waals surface area contributed by atoms with Crippen LogP contribution in [0.3, 0.4) is 0 Å². The maximum absolute atomic E-state index is 4.93. The van der Waals surface area contributed by atoms with Gasteiger partial charge in [0.05, 0.1) is 0 Å². The van der Waals surface area contributed by atoms with Crippen LogP contribution < -0.4 is 10.2 Å². The maximum Gasteiger partial charge on any atom is 0.138 e. The molecule has 1 aliphatic heterocycles. The zero-order chi connectivity index (χ0) is 15.8. The summed E-state index contributed by atoms with van der Waals surface area (Å²) in [5.74, 6) is 4.11. The molecule has 4 nitrogen and oxygen atoms in total. The Balaban J connectivity index is 2.51. The van der Waals surface area contributed by atoms with Crippen LogP contribution in [0.5, 0.6) is 0 Å². The Morgan fingerprint density at radius 1 is 1.24 bits per heavy atom. The number of nitrogens with zero attached hydrogens (tertiary/aromatic N) is 3. The highest BCUT2D eigenvalue weighted by Crippen LogP contribution is 2.33. The molecule has 1 aromatic heterocycles. The summed E-state index contributed by atoms with van der Waals surface area (Å²) in [5, 5.41) is 3.86. The minimum absolute atomic E-state index is 0.0482. The van der Waals surface area contributed by atoms with Crippen LogP contribution in [0.15, 0.2) is 0 Å². The molecule has 1 fully saturated rings. The average molecular weight is 308 g/mol.